The molecule has 0 fully saturated rings. The van der Waals surface area contributed by atoms with Gasteiger partial charge in [-0.1, -0.05) is 48.5 Å². The van der Waals surface area contributed by atoms with Crippen LogP contribution in [0.5, 0.6) is 0 Å². The molecule has 0 saturated carbocycles. The quantitative estimate of drug-likeness (QED) is 0.700. The number of ether oxygens (including phenoxy) is 2. The van der Waals surface area contributed by atoms with Crippen molar-refractivity contribution in [2.45, 2.75) is 44.8 Å². The second kappa shape index (κ2) is 8.46. The third-order valence-electron chi connectivity index (χ3n) is 6.04. The maximum Gasteiger partial charge on any atom is 0.225 e. The van der Waals surface area contributed by atoms with E-state index in [-0.39, 0.29) is 12.3 Å². The van der Waals surface area contributed by atoms with E-state index in [9.17, 15) is 4.79 Å². The molecule has 4 heteroatoms. The summed E-state index contributed by atoms with van der Waals surface area (Å²) in [6.45, 7) is 5.60. The predicted octanol–water partition coefficient (Wildman–Crippen LogP) is 4.19. The largest absolute Gasteiger partial charge is 0.356 e. The molecule has 0 radical (unpaired) electrons. The second-order valence-electron chi connectivity index (χ2n) is 7.63. The van der Waals surface area contributed by atoms with Crippen LogP contribution in [0.1, 0.15) is 60.8 Å². The van der Waals surface area contributed by atoms with Crippen molar-refractivity contribution in [3.63, 3.8) is 0 Å². The van der Waals surface area contributed by atoms with Gasteiger partial charge in [0.25, 0.3) is 0 Å². The Labute approximate surface area is 167 Å². The lowest BCUT2D eigenvalue weighted by Crippen LogP contribution is -2.40. The maximum atomic E-state index is 12.5. The minimum atomic E-state index is -0.459. The fourth-order valence-corrected chi connectivity index (χ4v) is 4.97. The van der Waals surface area contributed by atoms with E-state index >= 15 is 0 Å². The molecule has 2 aromatic carbocycles. The van der Waals surface area contributed by atoms with E-state index in [4.69, 9.17) is 9.47 Å². The number of rotatable bonds is 8. The summed E-state index contributed by atoms with van der Waals surface area (Å²) < 4.78 is 11.0. The van der Waals surface area contributed by atoms with Crippen LogP contribution in [0.3, 0.4) is 0 Å². The first-order valence-electron chi connectivity index (χ1n) is 10.4. The van der Waals surface area contributed by atoms with Gasteiger partial charge in [0.05, 0.1) is 6.42 Å². The van der Waals surface area contributed by atoms with Crippen molar-refractivity contribution in [3.05, 3.63) is 70.8 Å². The molecule has 0 spiro atoms. The van der Waals surface area contributed by atoms with Gasteiger partial charge >= 0.3 is 0 Å². The molecule has 3 aliphatic carbocycles. The van der Waals surface area contributed by atoms with Crippen LogP contribution in [0.25, 0.3) is 0 Å². The third kappa shape index (κ3) is 3.59. The summed E-state index contributed by atoms with van der Waals surface area (Å²) in [5, 5.41) is 3.15. The zero-order valence-electron chi connectivity index (χ0n) is 16.7. The lowest BCUT2D eigenvalue weighted by Gasteiger charge is -2.45. The van der Waals surface area contributed by atoms with Gasteiger partial charge in [-0.2, -0.15) is 0 Å². The summed E-state index contributed by atoms with van der Waals surface area (Å²) in [6.07, 6.45) is 0.869. The van der Waals surface area contributed by atoms with Crippen molar-refractivity contribution < 1.29 is 14.3 Å². The van der Waals surface area contributed by atoms with Crippen LogP contribution in [-0.2, 0) is 14.3 Å². The topological polar surface area (TPSA) is 47.6 Å². The number of benzene rings is 2. The lowest BCUT2D eigenvalue weighted by atomic mass is 9.59. The molecule has 0 aromatic heterocycles. The average Bonchev–Trinajstić information content (AvgIpc) is 2.73. The molecule has 148 valence electrons. The van der Waals surface area contributed by atoms with Crippen molar-refractivity contribution in [2.24, 2.45) is 5.92 Å². The molecule has 0 saturated heterocycles. The minimum Gasteiger partial charge on any atom is -0.356 e. The number of carbonyl (C=O) groups excluding carboxylic acids is 1. The van der Waals surface area contributed by atoms with E-state index in [2.05, 4.69) is 53.8 Å². The minimum absolute atomic E-state index is 0.00471. The van der Waals surface area contributed by atoms with Gasteiger partial charge in [0.15, 0.2) is 6.29 Å². The zero-order valence-corrected chi connectivity index (χ0v) is 16.7. The Bertz CT molecular complexity index is 781. The SMILES string of the molecule is CCOC(CC(=O)NC[C@H]1CC2c3ccccc3C1c1ccccc12)OCC. The van der Waals surface area contributed by atoms with E-state index in [1.807, 2.05) is 13.8 Å². The highest BCUT2D eigenvalue weighted by molar-refractivity contribution is 5.76. The van der Waals surface area contributed by atoms with E-state index in [0.717, 1.165) is 6.42 Å². The Balaban J connectivity index is 1.48. The first-order chi connectivity index (χ1) is 13.7. The average molecular weight is 380 g/mol. The number of hydrogen-bond donors (Lipinski definition) is 1. The fraction of sp³-hybridized carbons (Fsp3) is 0.458. The van der Waals surface area contributed by atoms with Crippen molar-refractivity contribution in [2.75, 3.05) is 19.8 Å². The summed E-state index contributed by atoms with van der Waals surface area (Å²) >= 11 is 0. The van der Waals surface area contributed by atoms with E-state index in [0.29, 0.717) is 37.5 Å². The van der Waals surface area contributed by atoms with Crippen molar-refractivity contribution in [3.8, 4) is 0 Å². The van der Waals surface area contributed by atoms with Gasteiger partial charge in [-0.25, -0.2) is 0 Å². The first kappa shape index (κ1) is 19.2. The van der Waals surface area contributed by atoms with Crippen LogP contribution in [0.2, 0.25) is 0 Å². The lowest BCUT2D eigenvalue weighted by molar-refractivity contribution is -0.153. The Morgan fingerprint density at radius 2 is 1.50 bits per heavy atom. The summed E-state index contributed by atoms with van der Waals surface area (Å²) in [5.41, 5.74) is 5.78. The number of amides is 1. The van der Waals surface area contributed by atoms with Crippen LogP contribution in [0.4, 0.5) is 0 Å². The van der Waals surface area contributed by atoms with Gasteiger partial charge in [0, 0.05) is 31.6 Å². The summed E-state index contributed by atoms with van der Waals surface area (Å²) in [4.78, 5) is 12.5. The molecule has 0 unspecified atom stereocenters. The van der Waals surface area contributed by atoms with E-state index in [1.165, 1.54) is 22.3 Å². The van der Waals surface area contributed by atoms with Crippen LogP contribution >= 0.6 is 0 Å². The third-order valence-corrected chi connectivity index (χ3v) is 6.04. The van der Waals surface area contributed by atoms with Gasteiger partial charge in [0.2, 0.25) is 5.91 Å². The molecule has 4 nitrogen and oxygen atoms in total. The molecule has 3 aliphatic rings. The molecule has 28 heavy (non-hydrogen) atoms. The van der Waals surface area contributed by atoms with Gasteiger partial charge in [0.1, 0.15) is 0 Å². The number of nitrogens with one attached hydrogen (secondary N) is 1. The number of carbonyl (C=O) groups is 1. The number of fused-ring (bicyclic) bond motifs is 1. The normalized spacial score (nSPS) is 22.0. The van der Waals surface area contributed by atoms with Crippen LogP contribution in [0, 0.1) is 5.92 Å². The molecule has 5 rings (SSSR count). The molecule has 1 N–H and O–H groups in total. The van der Waals surface area contributed by atoms with Gasteiger partial charge in [-0.3, -0.25) is 4.79 Å². The first-order valence-corrected chi connectivity index (χ1v) is 10.4. The highest BCUT2D eigenvalue weighted by atomic mass is 16.7. The molecule has 0 aliphatic heterocycles. The summed E-state index contributed by atoms with van der Waals surface area (Å²) in [7, 11) is 0. The van der Waals surface area contributed by atoms with Crippen LogP contribution in [-0.4, -0.2) is 32.0 Å². The monoisotopic (exact) mass is 379 g/mol. The summed E-state index contributed by atoms with van der Waals surface area (Å²) in [6, 6.07) is 17.6. The van der Waals surface area contributed by atoms with Gasteiger partial charge in [-0.15, -0.1) is 0 Å². The predicted molar refractivity (Wildman–Crippen MR) is 109 cm³/mol. The van der Waals surface area contributed by atoms with Crippen molar-refractivity contribution in [1.82, 2.24) is 5.32 Å². The van der Waals surface area contributed by atoms with Gasteiger partial charge in [-0.05, 0) is 48.4 Å². The molecule has 2 aromatic rings. The molecule has 2 bridgehead atoms. The molecular formula is C24H29NO3. The molecular weight excluding hydrogens is 350 g/mol. The highest BCUT2D eigenvalue weighted by Crippen LogP contribution is 2.55. The second-order valence-corrected chi connectivity index (χ2v) is 7.63. The van der Waals surface area contributed by atoms with E-state index < -0.39 is 6.29 Å². The standard InChI is InChI=1S/C24H29NO3/c1-3-27-23(28-4-2)14-22(26)25-15-16-13-21-17-9-5-7-11-19(17)24(16)20-12-8-6-10-18(20)21/h5-12,16,21,23-24H,3-4,13-15H2,1-2H3,(H,25,26)/t16-,21?,24?/m1/s1. The summed E-state index contributed by atoms with van der Waals surface area (Å²) in [5.74, 6) is 1.19. The molecule has 0 heterocycles. The highest BCUT2D eigenvalue weighted by Gasteiger charge is 2.42. The number of hydrogen-bond acceptors (Lipinski definition) is 3. The van der Waals surface area contributed by atoms with Crippen LogP contribution < -0.4 is 5.32 Å². The van der Waals surface area contributed by atoms with Crippen molar-refractivity contribution in [1.29, 1.82) is 0 Å². The van der Waals surface area contributed by atoms with Gasteiger partial charge < -0.3 is 14.8 Å². The van der Waals surface area contributed by atoms with Crippen LogP contribution in [0.15, 0.2) is 48.5 Å². The molecule has 1 amide bonds. The Morgan fingerprint density at radius 3 is 2.04 bits per heavy atom. The van der Waals surface area contributed by atoms with Crippen molar-refractivity contribution >= 4 is 5.91 Å². The molecule has 1 atom stereocenters. The Hall–Kier alpha value is -2.17. The maximum absolute atomic E-state index is 12.5. The fourth-order valence-electron chi connectivity index (χ4n) is 4.97. The van der Waals surface area contributed by atoms with E-state index in [1.54, 1.807) is 0 Å². The Kier molecular flexibility index (Phi) is 5.79. The zero-order chi connectivity index (χ0) is 19.5. The smallest absolute Gasteiger partial charge is 0.225 e. The Morgan fingerprint density at radius 1 is 0.964 bits per heavy atom.